The fraction of sp³-hybridized carbons (Fsp3) is 0.278. The molecule has 0 aliphatic carbocycles. The van der Waals surface area contributed by atoms with Crippen LogP contribution in [-0.4, -0.2) is 28.8 Å². The van der Waals surface area contributed by atoms with Gasteiger partial charge in [0.1, 0.15) is 5.76 Å². The molecule has 0 radical (unpaired) electrons. The minimum Gasteiger partial charge on any atom is -0.481 e. The van der Waals surface area contributed by atoms with E-state index < -0.39 is 23.8 Å². The highest BCUT2D eigenvalue weighted by Crippen LogP contribution is 2.23. The van der Waals surface area contributed by atoms with Crippen molar-refractivity contribution in [3.8, 4) is 11.3 Å². The number of carboxylic acid groups (broad SMARTS) is 1. The number of benzene rings is 1. The van der Waals surface area contributed by atoms with E-state index in [0.29, 0.717) is 11.3 Å². The zero-order valence-electron chi connectivity index (χ0n) is 13.7. The van der Waals surface area contributed by atoms with Crippen LogP contribution in [0.1, 0.15) is 41.7 Å². The van der Waals surface area contributed by atoms with E-state index in [2.05, 4.69) is 5.32 Å². The van der Waals surface area contributed by atoms with Gasteiger partial charge in [-0.15, -0.1) is 0 Å². The van der Waals surface area contributed by atoms with Gasteiger partial charge < -0.3 is 14.8 Å². The van der Waals surface area contributed by atoms with E-state index in [-0.39, 0.29) is 11.5 Å². The molecule has 6 nitrogen and oxygen atoms in total. The number of carbonyl (C=O) groups is 3. The summed E-state index contributed by atoms with van der Waals surface area (Å²) in [6, 6.07) is 9.52. The minimum absolute atomic E-state index is 0.0254. The predicted molar refractivity (Wildman–Crippen MR) is 87.9 cm³/mol. The minimum atomic E-state index is -0.978. The van der Waals surface area contributed by atoms with Crippen molar-refractivity contribution in [2.24, 2.45) is 5.92 Å². The molecule has 126 valence electrons. The molecule has 1 amide bonds. The summed E-state index contributed by atoms with van der Waals surface area (Å²) >= 11 is 0. The molecule has 0 spiro atoms. The highest BCUT2D eigenvalue weighted by atomic mass is 16.4. The fourth-order valence-electron chi connectivity index (χ4n) is 2.10. The molecule has 0 fully saturated rings. The van der Waals surface area contributed by atoms with Gasteiger partial charge in [0.25, 0.3) is 5.91 Å². The van der Waals surface area contributed by atoms with Gasteiger partial charge >= 0.3 is 5.97 Å². The van der Waals surface area contributed by atoms with Gasteiger partial charge in [-0.3, -0.25) is 14.4 Å². The summed E-state index contributed by atoms with van der Waals surface area (Å²) in [4.78, 5) is 34.3. The molecule has 0 saturated heterocycles. The van der Waals surface area contributed by atoms with E-state index in [1.54, 1.807) is 37.3 Å². The molecule has 6 heteroatoms. The largest absolute Gasteiger partial charge is 0.481 e. The topological polar surface area (TPSA) is 96.6 Å². The molecule has 1 heterocycles. The quantitative estimate of drug-likeness (QED) is 0.794. The van der Waals surface area contributed by atoms with Crippen molar-refractivity contribution in [1.29, 1.82) is 0 Å². The highest BCUT2D eigenvalue weighted by Gasteiger charge is 2.22. The third-order valence-corrected chi connectivity index (χ3v) is 3.90. The number of hydrogen-bond donors (Lipinski definition) is 2. The zero-order valence-corrected chi connectivity index (χ0v) is 13.7. The van der Waals surface area contributed by atoms with Crippen LogP contribution in [0.4, 0.5) is 0 Å². The van der Waals surface area contributed by atoms with Crippen LogP contribution in [0.2, 0.25) is 0 Å². The van der Waals surface area contributed by atoms with Crippen LogP contribution >= 0.6 is 0 Å². The molecule has 1 aromatic heterocycles. The first-order chi connectivity index (χ1) is 11.3. The van der Waals surface area contributed by atoms with E-state index in [1.807, 2.05) is 0 Å². The van der Waals surface area contributed by atoms with Crippen LogP contribution in [-0.2, 0) is 4.79 Å². The maximum atomic E-state index is 12.1. The summed E-state index contributed by atoms with van der Waals surface area (Å²) in [7, 11) is 0. The Morgan fingerprint density at radius 1 is 1.04 bits per heavy atom. The molecule has 1 aromatic carbocycles. The lowest BCUT2D eigenvalue weighted by Crippen LogP contribution is -2.39. The first-order valence-electron chi connectivity index (χ1n) is 7.54. The Morgan fingerprint density at radius 3 is 2.21 bits per heavy atom. The monoisotopic (exact) mass is 329 g/mol. The summed E-state index contributed by atoms with van der Waals surface area (Å²) in [5, 5.41) is 11.6. The van der Waals surface area contributed by atoms with Gasteiger partial charge in [0.2, 0.25) is 0 Å². The Labute approximate surface area is 139 Å². The van der Waals surface area contributed by atoms with Crippen LogP contribution in [0.15, 0.2) is 40.8 Å². The number of nitrogens with one attached hydrogen (secondary N) is 1. The second-order valence-corrected chi connectivity index (χ2v) is 5.69. The maximum Gasteiger partial charge on any atom is 0.308 e. The number of hydrogen-bond acceptors (Lipinski definition) is 4. The van der Waals surface area contributed by atoms with Crippen LogP contribution in [0.3, 0.4) is 0 Å². The van der Waals surface area contributed by atoms with Crippen molar-refractivity contribution in [2.75, 3.05) is 0 Å². The zero-order chi connectivity index (χ0) is 17.9. The van der Waals surface area contributed by atoms with Crippen molar-refractivity contribution in [2.45, 2.75) is 26.8 Å². The van der Waals surface area contributed by atoms with Gasteiger partial charge in [-0.05, 0) is 32.9 Å². The standard InChI is InChI=1S/C18H19NO5/c1-10(18(22)23)11(2)19-17(21)16-9-8-15(24-16)14-6-4-13(5-7-14)12(3)20/h4-11H,1-3H3,(H,19,21)(H,22,23). The van der Waals surface area contributed by atoms with Crippen LogP contribution in [0, 0.1) is 5.92 Å². The highest BCUT2D eigenvalue weighted by molar-refractivity contribution is 5.94. The van der Waals surface area contributed by atoms with Crippen LogP contribution in [0.5, 0.6) is 0 Å². The number of furan rings is 1. The molecule has 0 aliphatic heterocycles. The second kappa shape index (κ2) is 7.12. The van der Waals surface area contributed by atoms with Gasteiger partial charge in [0, 0.05) is 17.2 Å². The second-order valence-electron chi connectivity index (χ2n) is 5.69. The van der Waals surface area contributed by atoms with E-state index >= 15 is 0 Å². The molecule has 2 rings (SSSR count). The van der Waals surface area contributed by atoms with Gasteiger partial charge in [0.05, 0.1) is 5.92 Å². The summed E-state index contributed by atoms with van der Waals surface area (Å²) < 4.78 is 5.53. The average Bonchev–Trinajstić information content (AvgIpc) is 3.04. The van der Waals surface area contributed by atoms with E-state index in [1.165, 1.54) is 19.9 Å². The molecular weight excluding hydrogens is 310 g/mol. The third-order valence-electron chi connectivity index (χ3n) is 3.90. The average molecular weight is 329 g/mol. The molecule has 2 unspecified atom stereocenters. The number of amides is 1. The lowest BCUT2D eigenvalue weighted by Gasteiger charge is -2.16. The Balaban J connectivity index is 2.11. The summed E-state index contributed by atoms with van der Waals surface area (Å²) in [5.74, 6) is -1.58. The van der Waals surface area contributed by atoms with Crippen molar-refractivity contribution in [1.82, 2.24) is 5.32 Å². The number of carboxylic acids is 1. The molecule has 2 aromatic rings. The Kier molecular flexibility index (Phi) is 5.18. The molecule has 2 N–H and O–H groups in total. The van der Waals surface area contributed by atoms with Gasteiger partial charge in [-0.25, -0.2) is 0 Å². The number of ketones is 1. The van der Waals surface area contributed by atoms with Gasteiger partial charge in [0.15, 0.2) is 11.5 Å². The third kappa shape index (κ3) is 3.90. The van der Waals surface area contributed by atoms with Crippen LogP contribution < -0.4 is 5.32 Å². The first-order valence-corrected chi connectivity index (χ1v) is 7.54. The Hall–Kier alpha value is -2.89. The lowest BCUT2D eigenvalue weighted by molar-refractivity contribution is -0.141. The SMILES string of the molecule is CC(=O)c1ccc(-c2ccc(C(=O)NC(C)C(C)C(=O)O)o2)cc1. The summed E-state index contributed by atoms with van der Waals surface area (Å²) in [6.45, 7) is 4.64. The normalized spacial score (nSPS) is 13.1. The lowest BCUT2D eigenvalue weighted by atomic mass is 10.0. The molecular formula is C18H19NO5. The number of carbonyl (C=O) groups excluding carboxylic acids is 2. The number of aliphatic carboxylic acids is 1. The van der Waals surface area contributed by atoms with E-state index in [0.717, 1.165) is 5.56 Å². The molecule has 0 bridgehead atoms. The predicted octanol–water partition coefficient (Wildman–Crippen LogP) is 2.99. The molecule has 2 atom stereocenters. The maximum absolute atomic E-state index is 12.1. The van der Waals surface area contributed by atoms with E-state index in [4.69, 9.17) is 9.52 Å². The number of Topliss-reactive ketones (excluding diaryl/α,β-unsaturated/α-hetero) is 1. The van der Waals surface area contributed by atoms with Crippen LogP contribution in [0.25, 0.3) is 11.3 Å². The summed E-state index contributed by atoms with van der Waals surface area (Å²) in [5.41, 5.74) is 1.34. The first kappa shape index (κ1) is 17.5. The Bertz CT molecular complexity index is 760. The van der Waals surface area contributed by atoms with Crippen molar-refractivity contribution >= 4 is 17.7 Å². The molecule has 0 saturated carbocycles. The number of rotatable bonds is 6. The Morgan fingerprint density at radius 2 is 1.67 bits per heavy atom. The molecule has 24 heavy (non-hydrogen) atoms. The van der Waals surface area contributed by atoms with Crippen molar-refractivity contribution in [3.05, 3.63) is 47.7 Å². The smallest absolute Gasteiger partial charge is 0.308 e. The van der Waals surface area contributed by atoms with E-state index in [9.17, 15) is 14.4 Å². The van der Waals surface area contributed by atoms with Gasteiger partial charge in [-0.2, -0.15) is 0 Å². The summed E-state index contributed by atoms with van der Waals surface area (Å²) in [6.07, 6.45) is 0. The van der Waals surface area contributed by atoms with Crippen molar-refractivity contribution in [3.63, 3.8) is 0 Å². The molecule has 0 aliphatic rings. The van der Waals surface area contributed by atoms with Gasteiger partial charge in [-0.1, -0.05) is 24.3 Å². The van der Waals surface area contributed by atoms with Crippen molar-refractivity contribution < 1.29 is 23.9 Å². The fourth-order valence-corrected chi connectivity index (χ4v) is 2.10.